The molecule has 0 spiro atoms. The molecule has 11 nitrogen and oxygen atoms in total. The standard InChI is InChI=1S/C14H15N7O4S/c1-8-5-9(20-25-8)12(23)18-13-17-10(6-24-13)11(22)15-3-4-26-14-19-16-7-21(14)2/h5-7H,3-4H2,1-2H3,(H,15,22)(H,17,18,23). The van der Waals surface area contributed by atoms with Crippen LogP contribution in [0.15, 0.2) is 32.8 Å². The van der Waals surface area contributed by atoms with Crippen molar-refractivity contribution >= 4 is 29.6 Å². The van der Waals surface area contributed by atoms with Crippen LogP contribution in [0.5, 0.6) is 0 Å². The van der Waals surface area contributed by atoms with E-state index in [9.17, 15) is 9.59 Å². The highest BCUT2D eigenvalue weighted by atomic mass is 32.2. The molecule has 3 rings (SSSR count). The van der Waals surface area contributed by atoms with Crippen molar-refractivity contribution in [1.82, 2.24) is 30.2 Å². The molecular formula is C14H15N7O4S. The van der Waals surface area contributed by atoms with Gasteiger partial charge in [-0.05, 0) is 6.92 Å². The number of anilines is 1. The van der Waals surface area contributed by atoms with Crippen molar-refractivity contribution in [1.29, 1.82) is 0 Å². The van der Waals surface area contributed by atoms with E-state index in [0.717, 1.165) is 11.4 Å². The van der Waals surface area contributed by atoms with Gasteiger partial charge in [0.2, 0.25) is 0 Å². The summed E-state index contributed by atoms with van der Waals surface area (Å²) in [5.74, 6) is 0.160. The van der Waals surface area contributed by atoms with Crippen LogP contribution in [-0.2, 0) is 7.05 Å². The van der Waals surface area contributed by atoms with Gasteiger partial charge < -0.3 is 18.8 Å². The maximum absolute atomic E-state index is 12.0. The van der Waals surface area contributed by atoms with Crippen molar-refractivity contribution in [3.05, 3.63) is 35.8 Å². The van der Waals surface area contributed by atoms with Gasteiger partial charge in [-0.25, -0.2) is 0 Å². The zero-order valence-electron chi connectivity index (χ0n) is 13.9. The number of rotatable bonds is 7. The summed E-state index contributed by atoms with van der Waals surface area (Å²) in [6, 6.07) is 1.37. The minimum Gasteiger partial charge on any atom is -0.431 e. The predicted molar refractivity (Wildman–Crippen MR) is 89.8 cm³/mol. The van der Waals surface area contributed by atoms with Gasteiger partial charge in [-0.3, -0.25) is 14.9 Å². The molecule has 3 heterocycles. The molecule has 0 bridgehead atoms. The third-order valence-corrected chi connectivity index (χ3v) is 4.14. The van der Waals surface area contributed by atoms with Crippen LogP contribution in [0.3, 0.4) is 0 Å². The number of thioether (sulfide) groups is 1. The Kier molecular flexibility index (Phi) is 5.31. The summed E-state index contributed by atoms with van der Waals surface area (Å²) in [5, 5.41) is 17.1. The third kappa shape index (κ3) is 4.27. The summed E-state index contributed by atoms with van der Waals surface area (Å²) in [4.78, 5) is 27.9. The maximum atomic E-state index is 12.0. The van der Waals surface area contributed by atoms with E-state index in [1.165, 1.54) is 17.8 Å². The van der Waals surface area contributed by atoms with Crippen LogP contribution >= 0.6 is 11.8 Å². The van der Waals surface area contributed by atoms with Gasteiger partial charge in [-0.1, -0.05) is 16.9 Å². The van der Waals surface area contributed by atoms with Crippen LogP contribution in [0.25, 0.3) is 0 Å². The summed E-state index contributed by atoms with van der Waals surface area (Å²) >= 11 is 1.46. The number of hydrogen-bond acceptors (Lipinski definition) is 9. The van der Waals surface area contributed by atoms with Crippen molar-refractivity contribution in [2.24, 2.45) is 7.05 Å². The Bertz CT molecular complexity index is 916. The van der Waals surface area contributed by atoms with Crippen molar-refractivity contribution in [3.8, 4) is 0 Å². The third-order valence-electron chi connectivity index (χ3n) is 3.11. The number of oxazole rings is 1. The Labute approximate surface area is 151 Å². The van der Waals surface area contributed by atoms with E-state index in [0.29, 0.717) is 18.1 Å². The first-order valence-electron chi connectivity index (χ1n) is 7.48. The molecule has 0 aliphatic rings. The summed E-state index contributed by atoms with van der Waals surface area (Å²) in [6.45, 7) is 2.07. The van der Waals surface area contributed by atoms with E-state index >= 15 is 0 Å². The fourth-order valence-electron chi connectivity index (χ4n) is 1.87. The first-order chi connectivity index (χ1) is 12.5. The topological polar surface area (TPSA) is 141 Å². The SMILES string of the molecule is Cc1cc(C(=O)Nc2nc(C(=O)NCCSc3nncn3C)co2)no1. The Morgan fingerprint density at radius 2 is 2.15 bits per heavy atom. The fraction of sp³-hybridized carbons (Fsp3) is 0.286. The van der Waals surface area contributed by atoms with E-state index < -0.39 is 11.8 Å². The van der Waals surface area contributed by atoms with Gasteiger partial charge in [0.05, 0.1) is 0 Å². The van der Waals surface area contributed by atoms with E-state index in [4.69, 9.17) is 8.94 Å². The van der Waals surface area contributed by atoms with Crippen molar-refractivity contribution in [2.45, 2.75) is 12.1 Å². The molecule has 26 heavy (non-hydrogen) atoms. The van der Waals surface area contributed by atoms with Gasteiger partial charge in [0.25, 0.3) is 11.8 Å². The minimum absolute atomic E-state index is 0.0558. The number of nitrogens with one attached hydrogen (secondary N) is 2. The number of hydrogen-bond donors (Lipinski definition) is 2. The van der Waals surface area contributed by atoms with Crippen LogP contribution in [0.4, 0.5) is 6.01 Å². The van der Waals surface area contributed by atoms with Gasteiger partial charge in [0.15, 0.2) is 16.5 Å². The number of nitrogens with zero attached hydrogens (tertiary/aromatic N) is 5. The van der Waals surface area contributed by atoms with Crippen molar-refractivity contribution in [2.75, 3.05) is 17.6 Å². The molecule has 0 aromatic carbocycles. The second-order valence-corrected chi connectivity index (χ2v) is 6.21. The Morgan fingerprint density at radius 3 is 2.85 bits per heavy atom. The van der Waals surface area contributed by atoms with Gasteiger partial charge in [0, 0.05) is 25.4 Å². The largest absolute Gasteiger partial charge is 0.431 e. The smallest absolute Gasteiger partial charge is 0.302 e. The number of carbonyl (C=O) groups excluding carboxylic acids is 2. The highest BCUT2D eigenvalue weighted by Gasteiger charge is 2.16. The van der Waals surface area contributed by atoms with Crippen molar-refractivity contribution < 1.29 is 18.5 Å². The molecule has 3 aromatic heterocycles. The molecule has 0 saturated heterocycles. The molecule has 2 amide bonds. The summed E-state index contributed by atoms with van der Waals surface area (Å²) in [7, 11) is 1.84. The molecule has 12 heteroatoms. The molecule has 0 aliphatic carbocycles. The van der Waals surface area contributed by atoms with E-state index in [1.54, 1.807) is 17.8 Å². The van der Waals surface area contributed by atoms with Crippen LogP contribution in [-0.4, -0.2) is 49.0 Å². The summed E-state index contributed by atoms with van der Waals surface area (Å²) in [5.41, 5.74) is 0.146. The normalized spacial score (nSPS) is 10.7. The first kappa shape index (κ1) is 17.7. The Hall–Kier alpha value is -3.15. The molecule has 0 aliphatic heterocycles. The molecule has 0 fully saturated rings. The highest BCUT2D eigenvalue weighted by Crippen LogP contribution is 2.13. The van der Waals surface area contributed by atoms with Gasteiger partial charge in [-0.15, -0.1) is 10.2 Å². The number of aryl methyl sites for hydroxylation is 2. The molecule has 0 radical (unpaired) electrons. The Balaban J connectivity index is 1.46. The molecule has 136 valence electrons. The lowest BCUT2D eigenvalue weighted by atomic mass is 10.3. The van der Waals surface area contributed by atoms with Crippen LogP contribution in [0.2, 0.25) is 0 Å². The van der Waals surface area contributed by atoms with E-state index in [2.05, 4.69) is 31.0 Å². The number of carbonyl (C=O) groups is 2. The number of aromatic nitrogens is 5. The lowest BCUT2D eigenvalue weighted by Crippen LogP contribution is -2.26. The zero-order valence-corrected chi connectivity index (χ0v) is 14.7. The summed E-state index contributed by atoms with van der Waals surface area (Å²) in [6.07, 6.45) is 2.77. The highest BCUT2D eigenvalue weighted by molar-refractivity contribution is 7.99. The van der Waals surface area contributed by atoms with E-state index in [1.807, 2.05) is 7.05 Å². The minimum atomic E-state index is -0.546. The Morgan fingerprint density at radius 1 is 1.31 bits per heavy atom. The van der Waals surface area contributed by atoms with Crippen molar-refractivity contribution in [3.63, 3.8) is 0 Å². The molecule has 3 aromatic rings. The fourth-order valence-corrected chi connectivity index (χ4v) is 2.61. The van der Waals surface area contributed by atoms with Gasteiger partial charge in [0.1, 0.15) is 18.4 Å². The van der Waals surface area contributed by atoms with Crippen LogP contribution < -0.4 is 10.6 Å². The monoisotopic (exact) mass is 377 g/mol. The second-order valence-electron chi connectivity index (χ2n) is 5.14. The predicted octanol–water partition coefficient (Wildman–Crippen LogP) is 0.874. The van der Waals surface area contributed by atoms with Gasteiger partial charge in [-0.2, -0.15) is 4.98 Å². The molecule has 0 atom stereocenters. The first-order valence-corrected chi connectivity index (χ1v) is 8.46. The number of amides is 2. The summed E-state index contributed by atoms with van der Waals surface area (Å²) < 4.78 is 11.7. The molecule has 0 saturated carbocycles. The second kappa shape index (κ2) is 7.82. The maximum Gasteiger partial charge on any atom is 0.302 e. The molecule has 2 N–H and O–H groups in total. The van der Waals surface area contributed by atoms with E-state index in [-0.39, 0.29) is 17.4 Å². The zero-order chi connectivity index (χ0) is 18.5. The average molecular weight is 377 g/mol. The molecular weight excluding hydrogens is 362 g/mol. The lowest BCUT2D eigenvalue weighted by molar-refractivity contribution is 0.0949. The quantitative estimate of drug-likeness (QED) is 0.453. The van der Waals surface area contributed by atoms with Crippen LogP contribution in [0, 0.1) is 6.92 Å². The molecule has 0 unspecified atom stereocenters. The van der Waals surface area contributed by atoms with Crippen LogP contribution in [0.1, 0.15) is 26.7 Å². The van der Waals surface area contributed by atoms with Gasteiger partial charge >= 0.3 is 6.01 Å². The lowest BCUT2D eigenvalue weighted by Gasteiger charge is -2.02. The average Bonchev–Trinajstić information content (AvgIpc) is 3.33.